The molecule has 3 N–H and O–H groups in total. The maximum absolute atomic E-state index is 12.7. The Kier molecular flexibility index (Phi) is 23.2. The topological polar surface area (TPSA) is 270 Å². The van der Waals surface area contributed by atoms with Crippen molar-refractivity contribution in [3.63, 3.8) is 0 Å². The molecule has 422 valence electrons. The Hall–Kier alpha value is -8.00. The van der Waals surface area contributed by atoms with Crippen molar-refractivity contribution in [2.45, 2.75) is 93.8 Å². The summed E-state index contributed by atoms with van der Waals surface area (Å²) in [7, 11) is -3.72. The monoisotopic (exact) mass is 1160 g/mol. The maximum atomic E-state index is 12.7. The standard InChI is InChI=1S/C18H20N4O2S.C17H18N4O4S2.C15H12N4O3S.2C2H6.3H2/c1-4-22-15(14-11-8-12-24-14)20-21-17(22)25-18(2,3)16(23)19-13-9-6-5-7-10-13;1-17(2,15(22)18-12-8-5-4-6-9-12)26-16-20-19-14(13-10-7-11-25-13)21(16)27(3,23)24;20-10-19-14(12-7-4-8-22-12)17-18-15(19)23-9-13(21)16-11-5-2-1-3-6-11;2*1-2;;;/h5-12H,4H2,1-3H3,(H,19,23);4-11H,1-3H3,(H,18,22);1-8,10H,9H2,(H,16,21);2*1-2H3;3*1H. The van der Waals surface area contributed by atoms with E-state index in [2.05, 4.69) is 46.5 Å². The van der Waals surface area contributed by atoms with E-state index in [1.165, 1.54) is 28.9 Å². The number of carbonyl (C=O) groups is 4. The Morgan fingerprint density at radius 3 is 1.38 bits per heavy atom. The highest BCUT2D eigenvalue weighted by molar-refractivity contribution is 8.02. The van der Waals surface area contributed by atoms with Gasteiger partial charge in [-0.15, -0.1) is 30.6 Å². The zero-order chi connectivity index (χ0) is 57.6. The van der Waals surface area contributed by atoms with Crippen LogP contribution in [0.15, 0.2) is 175 Å². The summed E-state index contributed by atoms with van der Waals surface area (Å²) in [4.78, 5) is 48.5. The van der Waals surface area contributed by atoms with Gasteiger partial charge in [-0.2, -0.15) is 3.97 Å². The number of hydrogen-bond donors (Lipinski definition) is 3. The first-order chi connectivity index (χ1) is 38.0. The van der Waals surface area contributed by atoms with Crippen LogP contribution in [0.25, 0.3) is 34.8 Å². The highest BCUT2D eigenvalue weighted by Gasteiger charge is 2.35. The first kappa shape index (κ1) is 61.8. The van der Waals surface area contributed by atoms with Gasteiger partial charge in [-0.25, -0.2) is 13.0 Å². The molecule has 0 spiro atoms. The number of anilines is 3. The van der Waals surface area contributed by atoms with E-state index >= 15 is 0 Å². The predicted octanol–water partition coefficient (Wildman–Crippen LogP) is 12.0. The fourth-order valence-corrected chi connectivity index (χ4v) is 10.3. The third-order valence-electron chi connectivity index (χ3n) is 10.2. The van der Waals surface area contributed by atoms with Crippen LogP contribution in [0.5, 0.6) is 0 Å². The van der Waals surface area contributed by atoms with Gasteiger partial charge in [-0.05, 0) is 107 Å². The Morgan fingerprint density at radius 1 is 0.557 bits per heavy atom. The molecule has 79 heavy (non-hydrogen) atoms. The fourth-order valence-electron chi connectivity index (χ4n) is 6.46. The number of carbonyl (C=O) groups excluding carboxylic acids is 4. The third-order valence-corrected chi connectivity index (χ3v) is 14.6. The number of thioether (sulfide) groups is 3. The van der Waals surface area contributed by atoms with Gasteiger partial charge in [-0.3, -0.25) is 23.7 Å². The first-order valence-electron chi connectivity index (χ1n) is 24.7. The number of aromatic nitrogens is 9. The number of benzene rings is 3. The second-order valence-electron chi connectivity index (χ2n) is 16.7. The van der Waals surface area contributed by atoms with Crippen LogP contribution >= 0.6 is 35.3 Å². The molecule has 0 aliphatic heterocycles. The zero-order valence-corrected chi connectivity index (χ0v) is 48.4. The van der Waals surface area contributed by atoms with Crippen molar-refractivity contribution in [3.8, 4) is 34.8 Å². The highest BCUT2D eigenvalue weighted by Crippen LogP contribution is 2.36. The van der Waals surface area contributed by atoms with Crippen molar-refractivity contribution < 1.29 is 45.1 Å². The minimum absolute atomic E-state index is 0. The molecule has 21 nitrogen and oxygen atoms in total. The van der Waals surface area contributed by atoms with E-state index in [0.717, 1.165) is 39.4 Å². The van der Waals surface area contributed by atoms with Gasteiger partial charge >= 0.3 is 0 Å². The molecule has 9 rings (SSSR count). The van der Waals surface area contributed by atoms with Crippen LogP contribution in [-0.4, -0.2) is 97.8 Å². The average Bonchev–Trinajstić information content (AvgIpc) is 4.37. The molecular weight excluding hydrogens is 1090 g/mol. The molecule has 6 aromatic heterocycles. The van der Waals surface area contributed by atoms with Crippen molar-refractivity contribution in [1.29, 1.82) is 0 Å². The Balaban J connectivity index is 0.000000401. The van der Waals surface area contributed by atoms with E-state index in [-0.39, 0.29) is 44.5 Å². The molecule has 25 heteroatoms. The third kappa shape index (κ3) is 17.2. The van der Waals surface area contributed by atoms with E-state index in [9.17, 15) is 27.6 Å². The van der Waals surface area contributed by atoms with Gasteiger partial charge in [0.15, 0.2) is 33.4 Å². The van der Waals surface area contributed by atoms with Gasteiger partial charge in [0.25, 0.3) is 0 Å². The number of amides is 3. The molecule has 3 amide bonds. The molecular formula is C54H68N12O9S4. The lowest BCUT2D eigenvalue weighted by molar-refractivity contribution is -0.118. The first-order valence-corrected chi connectivity index (χ1v) is 29.1. The number of furan rings is 3. The van der Waals surface area contributed by atoms with Crippen LogP contribution in [0.3, 0.4) is 0 Å². The summed E-state index contributed by atoms with van der Waals surface area (Å²) in [6.45, 7) is 17.8. The molecule has 3 aromatic carbocycles. The van der Waals surface area contributed by atoms with Crippen molar-refractivity contribution in [3.05, 3.63) is 146 Å². The Morgan fingerprint density at radius 2 is 0.949 bits per heavy atom. The van der Waals surface area contributed by atoms with E-state index < -0.39 is 19.5 Å². The molecule has 0 saturated carbocycles. The molecule has 0 unspecified atom stereocenters. The quantitative estimate of drug-likeness (QED) is 0.0532. The lowest BCUT2D eigenvalue weighted by Gasteiger charge is -2.22. The second-order valence-corrected chi connectivity index (χ2v) is 22.6. The van der Waals surface area contributed by atoms with Crippen LogP contribution in [0, 0.1) is 0 Å². The molecule has 0 aliphatic carbocycles. The SMILES string of the molecule is CC.CC.CC(C)(Sc1nnc(-c2ccco2)n1S(C)(=O)=O)C(=O)Nc1ccccc1.CCn1c(SC(C)(C)C(=O)Nc2ccccc2)nnc1-c1ccco1.O=Cn1c(SCC(=O)Nc2ccccc2)nnc1-c1ccco1.[HH].[HH].[HH]. The lowest BCUT2D eigenvalue weighted by Crippen LogP contribution is -2.34. The van der Waals surface area contributed by atoms with Crippen molar-refractivity contribution in [2.24, 2.45) is 0 Å². The molecule has 6 heterocycles. The summed E-state index contributed by atoms with van der Waals surface area (Å²) in [5.74, 6) is 1.93. The molecule has 9 aromatic rings. The summed E-state index contributed by atoms with van der Waals surface area (Å²) < 4.78 is 42.9. The van der Waals surface area contributed by atoms with E-state index in [1.807, 2.05) is 132 Å². The Bertz CT molecular complexity index is 3420. The number of para-hydroxylation sites is 3. The number of hydrogen-bond acceptors (Lipinski definition) is 18. The van der Waals surface area contributed by atoms with Crippen LogP contribution < -0.4 is 16.0 Å². The van der Waals surface area contributed by atoms with Crippen LogP contribution in [0.1, 0.15) is 66.6 Å². The smallest absolute Gasteiger partial charge is 0.240 e. The molecule has 0 saturated heterocycles. The van der Waals surface area contributed by atoms with Crippen LogP contribution in [-0.2, 0) is 35.7 Å². The van der Waals surface area contributed by atoms with E-state index in [1.54, 1.807) is 68.6 Å². The van der Waals surface area contributed by atoms with Gasteiger partial charge < -0.3 is 29.2 Å². The van der Waals surface area contributed by atoms with Crippen LogP contribution in [0.4, 0.5) is 17.1 Å². The molecule has 0 aliphatic rings. The van der Waals surface area contributed by atoms with E-state index in [4.69, 9.17) is 13.3 Å². The summed E-state index contributed by atoms with van der Waals surface area (Å²) >= 11 is 3.50. The van der Waals surface area contributed by atoms with Gasteiger partial charge in [0.1, 0.15) is 0 Å². The van der Waals surface area contributed by atoms with Crippen molar-refractivity contribution in [2.75, 3.05) is 28.0 Å². The summed E-state index contributed by atoms with van der Waals surface area (Å²) in [6.07, 6.45) is 6.15. The largest absolute Gasteiger partial charge is 0.461 e. The summed E-state index contributed by atoms with van der Waals surface area (Å²) in [5, 5.41) is 33.8. The minimum atomic E-state index is -3.72. The van der Waals surface area contributed by atoms with E-state index in [0.29, 0.717) is 57.8 Å². The average molecular weight is 1160 g/mol. The predicted molar refractivity (Wildman–Crippen MR) is 316 cm³/mol. The fraction of sp³-hybridized carbons (Fsp3) is 0.259. The van der Waals surface area contributed by atoms with Gasteiger partial charge in [0.05, 0.1) is 40.3 Å². The lowest BCUT2D eigenvalue weighted by atomic mass is 10.2. The molecule has 0 bridgehead atoms. The van der Waals surface area contributed by atoms with Crippen LogP contribution in [0.2, 0.25) is 0 Å². The summed E-state index contributed by atoms with van der Waals surface area (Å²) in [6, 6.07) is 37.8. The van der Waals surface area contributed by atoms with Gasteiger partial charge in [0, 0.05) is 27.9 Å². The zero-order valence-electron chi connectivity index (χ0n) is 45.2. The highest BCUT2D eigenvalue weighted by atomic mass is 32.2. The minimum Gasteiger partial charge on any atom is -0.461 e. The molecule has 0 fully saturated rings. The van der Waals surface area contributed by atoms with Gasteiger partial charge in [0.2, 0.25) is 51.0 Å². The molecule has 0 radical (unpaired) electrons. The number of rotatable bonds is 18. The number of nitrogens with zero attached hydrogens (tertiary/aromatic N) is 9. The van der Waals surface area contributed by atoms with Crippen molar-refractivity contribution >= 4 is 86.5 Å². The second kappa shape index (κ2) is 29.7. The normalized spacial score (nSPS) is 11.0. The van der Waals surface area contributed by atoms with Crippen molar-refractivity contribution in [1.82, 2.24) is 43.7 Å². The summed E-state index contributed by atoms with van der Waals surface area (Å²) in [5.41, 5.74) is 2.14. The number of nitrogens with one attached hydrogen (secondary N) is 3. The van der Waals surface area contributed by atoms with Gasteiger partial charge in [-0.1, -0.05) is 118 Å². The maximum Gasteiger partial charge on any atom is 0.240 e. The Labute approximate surface area is 475 Å². The molecule has 0 atom stereocenters.